The standard InChI is InChI=1S/C37H55N7O7/c1-35(2,3)29(41-34(51)42-36(4,5)6)33(50)44-19-22-24(37(22,7)8)27(44)30(47)40-25(21-16-17-21)28(46)31(48)38-18-23(45)39-26(32(49)43(9)10)20-14-12-11-13-15-20/h11-15,21-22,24-27,29H,16-19H2,1-10H3,(H,38,48)(H,39,45)(H,40,47)(H2,41,42,51)/t22?,24?,25?,26-,27-,29+/m0/s1. The van der Waals surface area contributed by atoms with Crippen LogP contribution in [0.5, 0.6) is 0 Å². The zero-order valence-corrected chi connectivity index (χ0v) is 31.5. The van der Waals surface area contributed by atoms with E-state index in [2.05, 4.69) is 26.6 Å². The average molecular weight is 710 g/mol. The highest BCUT2D eigenvalue weighted by Crippen LogP contribution is 2.65. The molecule has 1 aliphatic heterocycles. The van der Waals surface area contributed by atoms with E-state index in [9.17, 15) is 33.6 Å². The molecule has 280 valence electrons. The Kier molecular flexibility index (Phi) is 11.3. The lowest BCUT2D eigenvalue weighted by Crippen LogP contribution is -2.62. The van der Waals surface area contributed by atoms with E-state index in [1.165, 1.54) is 9.80 Å². The number of rotatable bonds is 12. The van der Waals surface area contributed by atoms with Crippen LogP contribution in [0.15, 0.2) is 30.3 Å². The van der Waals surface area contributed by atoms with Crippen LogP contribution in [-0.4, -0.2) is 102 Å². The van der Waals surface area contributed by atoms with Crippen molar-refractivity contribution in [3.05, 3.63) is 35.9 Å². The van der Waals surface area contributed by atoms with Crippen molar-refractivity contribution in [3.63, 3.8) is 0 Å². The number of hydrogen-bond acceptors (Lipinski definition) is 7. The third-order valence-corrected chi connectivity index (χ3v) is 10.1. The molecule has 6 atom stereocenters. The number of urea groups is 1. The summed E-state index contributed by atoms with van der Waals surface area (Å²) in [5, 5.41) is 13.4. The number of nitrogens with zero attached hydrogens (tertiary/aromatic N) is 2. The number of amides is 7. The third kappa shape index (κ3) is 9.25. The summed E-state index contributed by atoms with van der Waals surface area (Å²) < 4.78 is 0. The van der Waals surface area contributed by atoms with Crippen LogP contribution in [0.3, 0.4) is 0 Å². The van der Waals surface area contributed by atoms with Crippen molar-refractivity contribution in [2.75, 3.05) is 27.2 Å². The highest BCUT2D eigenvalue weighted by molar-refractivity contribution is 6.38. The maximum atomic E-state index is 14.2. The molecule has 1 aromatic rings. The first kappa shape index (κ1) is 39.3. The highest BCUT2D eigenvalue weighted by Gasteiger charge is 2.70. The van der Waals surface area contributed by atoms with E-state index >= 15 is 0 Å². The number of carbonyl (C=O) groups is 7. The Balaban J connectivity index is 1.45. The molecule has 0 aromatic heterocycles. The average Bonchev–Trinajstić information content (AvgIpc) is 3.90. The Morgan fingerprint density at radius 1 is 0.902 bits per heavy atom. The number of likely N-dealkylation sites (N-methyl/N-ethyl adjacent to an activating group) is 1. The second-order valence-electron chi connectivity index (χ2n) is 17.1. The van der Waals surface area contributed by atoms with E-state index < -0.39 is 77.1 Å². The van der Waals surface area contributed by atoms with Gasteiger partial charge in [0.05, 0.1) is 6.54 Å². The number of benzene rings is 1. The number of ketones is 1. The summed E-state index contributed by atoms with van der Waals surface area (Å²) in [5.74, 6) is -4.27. The van der Waals surface area contributed by atoms with Gasteiger partial charge in [-0.3, -0.25) is 28.8 Å². The molecule has 14 heteroatoms. The number of fused-ring (bicyclic) bond motifs is 1. The van der Waals surface area contributed by atoms with Crippen LogP contribution in [0.25, 0.3) is 0 Å². The Bertz CT molecular complexity index is 1540. The topological polar surface area (TPSA) is 186 Å². The summed E-state index contributed by atoms with van der Waals surface area (Å²) >= 11 is 0. The molecule has 1 heterocycles. The lowest BCUT2D eigenvalue weighted by molar-refractivity contribution is -0.145. The Morgan fingerprint density at radius 2 is 1.51 bits per heavy atom. The first-order valence-electron chi connectivity index (χ1n) is 17.6. The number of Topliss-reactive ketones (excluding diaryl/α,β-unsaturated/α-hetero) is 1. The van der Waals surface area contributed by atoms with Crippen molar-refractivity contribution >= 4 is 41.4 Å². The van der Waals surface area contributed by atoms with Gasteiger partial charge in [0.1, 0.15) is 24.2 Å². The predicted molar refractivity (Wildman–Crippen MR) is 190 cm³/mol. The molecule has 0 spiro atoms. The Labute approximate surface area is 300 Å². The minimum absolute atomic E-state index is 0.0530. The molecule has 1 aromatic carbocycles. The van der Waals surface area contributed by atoms with Crippen molar-refractivity contribution in [3.8, 4) is 0 Å². The fourth-order valence-corrected chi connectivity index (χ4v) is 6.99. The van der Waals surface area contributed by atoms with Crippen molar-refractivity contribution in [2.45, 2.75) is 97.9 Å². The number of likely N-dealkylation sites (tertiary alicyclic amines) is 1. The quantitative estimate of drug-likeness (QED) is 0.204. The Morgan fingerprint density at radius 3 is 2.04 bits per heavy atom. The summed E-state index contributed by atoms with van der Waals surface area (Å²) in [6.45, 7) is 14.9. The van der Waals surface area contributed by atoms with Gasteiger partial charge in [-0.15, -0.1) is 0 Å². The maximum Gasteiger partial charge on any atom is 0.315 e. The SMILES string of the molecule is CN(C)C(=O)[C@@H](NC(=O)CNC(=O)C(=O)C(NC(=O)[C@@H]1C2C(CN1C(=O)[C@@H](NC(=O)NC(C)(C)C)C(C)(C)C)C2(C)C)C1CC1)c1ccccc1. The molecule has 51 heavy (non-hydrogen) atoms. The number of nitrogens with one attached hydrogen (secondary N) is 5. The highest BCUT2D eigenvalue weighted by atomic mass is 16.2. The van der Waals surface area contributed by atoms with E-state index in [1.54, 1.807) is 44.4 Å². The van der Waals surface area contributed by atoms with Crippen LogP contribution in [0.2, 0.25) is 0 Å². The lowest BCUT2D eigenvalue weighted by atomic mass is 9.85. The lowest BCUT2D eigenvalue weighted by Gasteiger charge is -2.38. The van der Waals surface area contributed by atoms with Crippen LogP contribution >= 0.6 is 0 Å². The molecule has 2 saturated carbocycles. The van der Waals surface area contributed by atoms with Gasteiger partial charge in [0.25, 0.3) is 5.91 Å². The van der Waals surface area contributed by atoms with Gasteiger partial charge in [-0.1, -0.05) is 65.0 Å². The summed E-state index contributed by atoms with van der Waals surface area (Å²) in [6.07, 6.45) is 1.25. The minimum atomic E-state index is -1.14. The Hall–Kier alpha value is -4.49. The van der Waals surface area contributed by atoms with Crippen LogP contribution in [0.1, 0.15) is 79.8 Å². The zero-order valence-electron chi connectivity index (χ0n) is 31.5. The number of hydrogen-bond donors (Lipinski definition) is 5. The van der Waals surface area contributed by atoms with Crippen molar-refractivity contribution in [1.29, 1.82) is 0 Å². The van der Waals surface area contributed by atoms with Gasteiger partial charge < -0.3 is 36.4 Å². The molecule has 7 amide bonds. The monoisotopic (exact) mass is 709 g/mol. The molecule has 0 bridgehead atoms. The van der Waals surface area contributed by atoms with Gasteiger partial charge in [0.2, 0.25) is 29.4 Å². The number of carbonyl (C=O) groups excluding carboxylic acids is 7. The fourth-order valence-electron chi connectivity index (χ4n) is 6.99. The normalized spacial score (nSPS) is 22.3. The first-order chi connectivity index (χ1) is 23.5. The number of piperidine rings is 1. The minimum Gasteiger partial charge on any atom is -0.347 e. The zero-order chi connectivity index (χ0) is 38.2. The summed E-state index contributed by atoms with van der Waals surface area (Å²) in [5.41, 5.74) is -0.884. The first-order valence-corrected chi connectivity index (χ1v) is 17.6. The van der Waals surface area contributed by atoms with E-state index in [0.29, 0.717) is 24.9 Å². The fraction of sp³-hybridized carbons (Fsp3) is 0.649. The molecule has 1 saturated heterocycles. The molecular formula is C37H55N7O7. The molecule has 2 aliphatic carbocycles. The van der Waals surface area contributed by atoms with Crippen molar-refractivity contribution in [2.24, 2.45) is 28.6 Å². The van der Waals surface area contributed by atoms with Gasteiger partial charge in [-0.2, -0.15) is 0 Å². The smallest absolute Gasteiger partial charge is 0.315 e. The van der Waals surface area contributed by atoms with Crippen LogP contribution in [-0.2, 0) is 28.8 Å². The van der Waals surface area contributed by atoms with Gasteiger partial charge in [0, 0.05) is 26.2 Å². The summed E-state index contributed by atoms with van der Waals surface area (Å²) in [7, 11) is 3.13. The summed E-state index contributed by atoms with van der Waals surface area (Å²) in [4.78, 5) is 96.2. The predicted octanol–water partition coefficient (Wildman–Crippen LogP) is 1.51. The van der Waals surface area contributed by atoms with Crippen LogP contribution in [0, 0.1) is 28.6 Å². The van der Waals surface area contributed by atoms with E-state index in [0.717, 1.165) is 0 Å². The van der Waals surface area contributed by atoms with Crippen LogP contribution in [0.4, 0.5) is 4.79 Å². The third-order valence-electron chi connectivity index (χ3n) is 10.1. The van der Waals surface area contributed by atoms with Gasteiger partial charge in [-0.25, -0.2) is 4.79 Å². The van der Waals surface area contributed by atoms with Crippen molar-refractivity contribution < 1.29 is 33.6 Å². The van der Waals surface area contributed by atoms with Gasteiger partial charge in [0.15, 0.2) is 0 Å². The van der Waals surface area contributed by atoms with Crippen LogP contribution < -0.4 is 26.6 Å². The molecule has 4 rings (SSSR count). The van der Waals surface area contributed by atoms with Crippen molar-refractivity contribution in [1.82, 2.24) is 36.4 Å². The van der Waals surface area contributed by atoms with Gasteiger partial charge >= 0.3 is 6.03 Å². The molecule has 0 radical (unpaired) electrons. The van der Waals surface area contributed by atoms with E-state index in [-0.39, 0.29) is 29.1 Å². The molecular weight excluding hydrogens is 654 g/mol. The molecule has 3 fully saturated rings. The van der Waals surface area contributed by atoms with E-state index in [4.69, 9.17) is 0 Å². The molecule has 3 aliphatic rings. The molecule has 5 N–H and O–H groups in total. The molecule has 14 nitrogen and oxygen atoms in total. The molecule has 3 unspecified atom stereocenters. The van der Waals surface area contributed by atoms with Gasteiger partial charge in [-0.05, 0) is 67.8 Å². The second-order valence-corrected chi connectivity index (χ2v) is 17.1. The second kappa shape index (κ2) is 14.6. The summed E-state index contributed by atoms with van der Waals surface area (Å²) in [6, 6.07) is 4.18. The largest absolute Gasteiger partial charge is 0.347 e. The van der Waals surface area contributed by atoms with E-state index in [1.807, 2.05) is 55.4 Å². The maximum absolute atomic E-state index is 14.2.